The third-order valence-corrected chi connectivity index (χ3v) is 4.56. The molecule has 0 bridgehead atoms. The van der Waals surface area contributed by atoms with E-state index in [1.807, 2.05) is 5.38 Å². The number of aryl methyl sites for hydroxylation is 1. The van der Waals surface area contributed by atoms with E-state index in [0.29, 0.717) is 5.33 Å². The number of aliphatic hydroxyl groups excluding tert-OH is 2. The van der Waals surface area contributed by atoms with Gasteiger partial charge in [0.05, 0.1) is 6.10 Å². The minimum absolute atomic E-state index is 0.404. The number of aliphatic hydroxyl groups is 2. The monoisotopic (exact) mass is 320 g/mol. The van der Waals surface area contributed by atoms with Gasteiger partial charge in [-0.2, -0.15) is 0 Å². The molecular weight excluding hydrogens is 300 g/mol. The zero-order valence-corrected chi connectivity index (χ0v) is 12.6. The van der Waals surface area contributed by atoms with Gasteiger partial charge in [0.2, 0.25) is 0 Å². The van der Waals surface area contributed by atoms with E-state index in [4.69, 9.17) is 0 Å². The Morgan fingerprint density at radius 1 is 1.29 bits per heavy atom. The highest BCUT2D eigenvalue weighted by atomic mass is 79.9. The summed E-state index contributed by atoms with van der Waals surface area (Å²) in [6.07, 6.45) is 4.44. The van der Waals surface area contributed by atoms with E-state index >= 15 is 0 Å². The molecular formula is C13H21BrO2S. The maximum atomic E-state index is 9.99. The first-order chi connectivity index (χ1) is 8.20. The molecule has 17 heavy (non-hydrogen) atoms. The maximum absolute atomic E-state index is 9.99. The van der Waals surface area contributed by atoms with E-state index in [1.54, 1.807) is 0 Å². The van der Waals surface area contributed by atoms with Gasteiger partial charge in [0.1, 0.15) is 6.10 Å². The van der Waals surface area contributed by atoms with Crippen LogP contribution in [0, 0.1) is 0 Å². The first kappa shape index (κ1) is 15.2. The van der Waals surface area contributed by atoms with Crippen LogP contribution in [0.5, 0.6) is 0 Å². The fourth-order valence-electron chi connectivity index (χ4n) is 1.81. The fraction of sp³-hybridized carbons (Fsp3) is 0.692. The lowest BCUT2D eigenvalue weighted by Gasteiger charge is -2.16. The Labute approximate surface area is 116 Å². The minimum Gasteiger partial charge on any atom is -0.389 e. The summed E-state index contributed by atoms with van der Waals surface area (Å²) in [5.74, 6) is 0. The number of rotatable bonds is 8. The molecule has 0 saturated carbocycles. The average Bonchev–Trinajstić information content (AvgIpc) is 2.81. The third kappa shape index (κ3) is 4.70. The molecule has 1 heterocycles. The molecule has 0 aromatic carbocycles. The Morgan fingerprint density at radius 2 is 2.06 bits per heavy atom. The van der Waals surface area contributed by atoms with Crippen molar-refractivity contribution >= 4 is 27.3 Å². The van der Waals surface area contributed by atoms with Crippen molar-refractivity contribution in [3.05, 3.63) is 21.9 Å². The molecule has 0 saturated heterocycles. The predicted octanol–water partition coefficient (Wildman–Crippen LogP) is 3.66. The normalized spacial score (nSPS) is 14.8. The van der Waals surface area contributed by atoms with E-state index in [1.165, 1.54) is 36.2 Å². The summed E-state index contributed by atoms with van der Waals surface area (Å²) in [5.41, 5.74) is 1.19. The number of halogens is 1. The van der Waals surface area contributed by atoms with Gasteiger partial charge in [-0.05, 0) is 29.9 Å². The highest BCUT2D eigenvalue weighted by molar-refractivity contribution is 9.09. The van der Waals surface area contributed by atoms with Gasteiger partial charge in [0, 0.05) is 10.2 Å². The highest BCUT2D eigenvalue weighted by Gasteiger charge is 2.21. The number of hydrogen-bond acceptors (Lipinski definition) is 3. The van der Waals surface area contributed by atoms with Crippen LogP contribution in [-0.4, -0.2) is 21.6 Å². The standard InChI is InChI=1S/C13H21BrO2S/c1-2-3-4-5-6-10-7-8-17-13(10)12(16)11(15)9-14/h7-8,11-12,15-16H,2-6,9H2,1H3. The van der Waals surface area contributed by atoms with Crippen molar-refractivity contribution in [3.8, 4) is 0 Å². The summed E-state index contributed by atoms with van der Waals surface area (Å²) in [5, 5.41) is 22.0. The molecule has 98 valence electrons. The van der Waals surface area contributed by atoms with Gasteiger partial charge in [-0.3, -0.25) is 0 Å². The summed E-state index contributed by atoms with van der Waals surface area (Å²) in [7, 11) is 0. The van der Waals surface area contributed by atoms with E-state index in [0.717, 1.165) is 17.7 Å². The van der Waals surface area contributed by atoms with Gasteiger partial charge in [0.15, 0.2) is 0 Å². The van der Waals surface area contributed by atoms with Crippen LogP contribution in [0.4, 0.5) is 0 Å². The number of unbranched alkanes of at least 4 members (excludes halogenated alkanes) is 3. The van der Waals surface area contributed by atoms with Crippen molar-refractivity contribution in [1.82, 2.24) is 0 Å². The highest BCUT2D eigenvalue weighted by Crippen LogP contribution is 2.28. The van der Waals surface area contributed by atoms with Crippen LogP contribution >= 0.6 is 27.3 Å². The lowest BCUT2D eigenvalue weighted by Crippen LogP contribution is -2.19. The molecule has 4 heteroatoms. The quantitative estimate of drug-likeness (QED) is 0.567. The summed E-state index contributed by atoms with van der Waals surface area (Å²) in [4.78, 5) is 0.924. The van der Waals surface area contributed by atoms with Crippen molar-refractivity contribution < 1.29 is 10.2 Å². The summed E-state index contributed by atoms with van der Waals surface area (Å²) < 4.78 is 0. The zero-order chi connectivity index (χ0) is 12.7. The smallest absolute Gasteiger partial charge is 0.115 e. The van der Waals surface area contributed by atoms with Gasteiger partial charge < -0.3 is 10.2 Å². The molecule has 0 aliphatic carbocycles. The molecule has 0 fully saturated rings. The lowest BCUT2D eigenvalue weighted by atomic mass is 10.0. The molecule has 1 aromatic rings. The molecule has 2 unspecified atom stereocenters. The first-order valence-electron chi connectivity index (χ1n) is 6.19. The molecule has 0 spiro atoms. The van der Waals surface area contributed by atoms with Crippen molar-refractivity contribution in [2.45, 2.75) is 51.2 Å². The van der Waals surface area contributed by atoms with Gasteiger partial charge >= 0.3 is 0 Å². The minimum atomic E-state index is -0.754. The van der Waals surface area contributed by atoms with Crippen molar-refractivity contribution in [3.63, 3.8) is 0 Å². The number of thiophene rings is 1. The topological polar surface area (TPSA) is 40.5 Å². The van der Waals surface area contributed by atoms with Gasteiger partial charge in [0.25, 0.3) is 0 Å². The van der Waals surface area contributed by atoms with Gasteiger partial charge in [-0.25, -0.2) is 0 Å². The number of alkyl halides is 1. The molecule has 2 nitrogen and oxygen atoms in total. The van der Waals surface area contributed by atoms with Crippen LogP contribution in [0.1, 0.15) is 49.2 Å². The van der Waals surface area contributed by atoms with E-state index in [-0.39, 0.29) is 0 Å². The van der Waals surface area contributed by atoms with E-state index < -0.39 is 12.2 Å². The second-order valence-corrected chi connectivity index (χ2v) is 5.88. The van der Waals surface area contributed by atoms with Crippen LogP contribution in [0.3, 0.4) is 0 Å². The van der Waals surface area contributed by atoms with Crippen LogP contribution in [0.25, 0.3) is 0 Å². The zero-order valence-electron chi connectivity index (χ0n) is 10.2. The van der Waals surface area contributed by atoms with Crippen molar-refractivity contribution in [2.75, 3.05) is 5.33 Å². The fourth-order valence-corrected chi connectivity index (χ4v) is 3.17. The Morgan fingerprint density at radius 3 is 2.71 bits per heavy atom. The Bertz CT molecular complexity index is 314. The molecule has 0 radical (unpaired) electrons. The Balaban J connectivity index is 2.53. The van der Waals surface area contributed by atoms with Crippen LogP contribution in [0.15, 0.2) is 11.4 Å². The molecule has 0 aliphatic heterocycles. The third-order valence-electron chi connectivity index (χ3n) is 2.87. The second-order valence-electron chi connectivity index (χ2n) is 4.29. The van der Waals surface area contributed by atoms with Crippen molar-refractivity contribution in [1.29, 1.82) is 0 Å². The molecule has 2 N–H and O–H groups in total. The predicted molar refractivity (Wildman–Crippen MR) is 76.9 cm³/mol. The second kappa shape index (κ2) is 8.25. The van der Waals surface area contributed by atoms with Gasteiger partial charge in [-0.15, -0.1) is 11.3 Å². The molecule has 1 rings (SSSR count). The molecule has 0 amide bonds. The van der Waals surface area contributed by atoms with Crippen LogP contribution in [0.2, 0.25) is 0 Å². The van der Waals surface area contributed by atoms with Crippen molar-refractivity contribution in [2.24, 2.45) is 0 Å². The Hall–Kier alpha value is 0.100. The molecule has 2 atom stereocenters. The lowest BCUT2D eigenvalue weighted by molar-refractivity contribution is 0.0360. The van der Waals surface area contributed by atoms with Crippen LogP contribution in [-0.2, 0) is 6.42 Å². The molecule has 1 aromatic heterocycles. The summed E-state index contributed by atoms with van der Waals surface area (Å²) in [6.45, 7) is 2.20. The summed E-state index contributed by atoms with van der Waals surface area (Å²) in [6, 6.07) is 2.07. The summed E-state index contributed by atoms with van der Waals surface area (Å²) >= 11 is 4.73. The largest absolute Gasteiger partial charge is 0.389 e. The first-order valence-corrected chi connectivity index (χ1v) is 8.19. The molecule has 0 aliphatic rings. The SMILES string of the molecule is CCCCCCc1ccsc1C(O)C(O)CBr. The Kier molecular flexibility index (Phi) is 7.35. The van der Waals surface area contributed by atoms with E-state index in [9.17, 15) is 10.2 Å². The maximum Gasteiger partial charge on any atom is 0.115 e. The average molecular weight is 321 g/mol. The number of hydrogen-bond donors (Lipinski definition) is 2. The van der Waals surface area contributed by atoms with Crippen LogP contribution < -0.4 is 0 Å². The van der Waals surface area contributed by atoms with E-state index in [2.05, 4.69) is 28.9 Å². The van der Waals surface area contributed by atoms with Gasteiger partial charge in [-0.1, -0.05) is 42.1 Å².